The highest BCUT2D eigenvalue weighted by atomic mass is 19.1. The number of aromatic nitrogens is 2. The number of allylic oxidation sites excluding steroid dienone is 1. The molecule has 0 spiro atoms. The first-order valence-electron chi connectivity index (χ1n) is 7.87. The predicted molar refractivity (Wildman–Crippen MR) is 90.7 cm³/mol. The third kappa shape index (κ3) is 4.23. The van der Waals surface area contributed by atoms with Crippen molar-refractivity contribution in [1.29, 1.82) is 0 Å². The average Bonchev–Trinajstić information content (AvgIpc) is 3.28. The second-order valence-electron chi connectivity index (χ2n) is 5.28. The van der Waals surface area contributed by atoms with Crippen molar-refractivity contribution < 1.29 is 18.3 Å². The summed E-state index contributed by atoms with van der Waals surface area (Å²) in [5.41, 5.74) is 0.533. The molecule has 0 fully saturated rings. The number of aryl methyl sites for hydroxylation is 1. The van der Waals surface area contributed by atoms with Crippen LogP contribution in [0, 0.1) is 5.82 Å². The summed E-state index contributed by atoms with van der Waals surface area (Å²) in [6.45, 7) is 2.77. The summed E-state index contributed by atoms with van der Waals surface area (Å²) in [6.07, 6.45) is 4.66. The fraction of sp³-hybridized carbons (Fsp3) is 0.158. The van der Waals surface area contributed by atoms with Gasteiger partial charge in [-0.2, -0.15) is 5.10 Å². The SMILES string of the molecule is CCn1nccc1C(=O)/C=C/c1ccc(COc2ccc(F)cc2)o1. The number of halogens is 1. The summed E-state index contributed by atoms with van der Waals surface area (Å²) < 4.78 is 25.6. The van der Waals surface area contributed by atoms with Crippen molar-refractivity contribution >= 4 is 11.9 Å². The van der Waals surface area contributed by atoms with Crippen LogP contribution in [0.3, 0.4) is 0 Å². The van der Waals surface area contributed by atoms with Gasteiger partial charge in [0.25, 0.3) is 0 Å². The van der Waals surface area contributed by atoms with Crippen LogP contribution in [-0.2, 0) is 13.2 Å². The minimum atomic E-state index is -0.313. The van der Waals surface area contributed by atoms with Crippen LogP contribution in [0.5, 0.6) is 5.75 Å². The molecule has 2 heterocycles. The zero-order valence-electron chi connectivity index (χ0n) is 13.7. The first kappa shape index (κ1) is 16.7. The molecule has 0 unspecified atom stereocenters. The lowest BCUT2D eigenvalue weighted by Crippen LogP contribution is -2.07. The molecule has 0 aliphatic heterocycles. The van der Waals surface area contributed by atoms with E-state index >= 15 is 0 Å². The molecule has 0 saturated carbocycles. The van der Waals surface area contributed by atoms with E-state index in [1.54, 1.807) is 47.3 Å². The van der Waals surface area contributed by atoms with Gasteiger partial charge < -0.3 is 9.15 Å². The molecule has 0 N–H and O–H groups in total. The molecular weight excluding hydrogens is 323 g/mol. The summed E-state index contributed by atoms with van der Waals surface area (Å²) >= 11 is 0. The second kappa shape index (κ2) is 7.61. The zero-order chi connectivity index (χ0) is 17.6. The van der Waals surface area contributed by atoms with Gasteiger partial charge in [0.2, 0.25) is 5.78 Å². The van der Waals surface area contributed by atoms with E-state index in [0.29, 0.717) is 29.5 Å². The molecule has 6 heteroatoms. The molecule has 128 valence electrons. The van der Waals surface area contributed by atoms with Gasteiger partial charge in [0.05, 0.1) is 0 Å². The minimum Gasteiger partial charge on any atom is -0.486 e. The van der Waals surface area contributed by atoms with E-state index in [2.05, 4.69) is 5.10 Å². The lowest BCUT2D eigenvalue weighted by Gasteiger charge is -2.03. The number of rotatable bonds is 7. The number of nitrogens with zero attached hydrogens (tertiary/aromatic N) is 2. The number of hydrogen-bond acceptors (Lipinski definition) is 4. The summed E-state index contributed by atoms with van der Waals surface area (Å²) in [6, 6.07) is 11.0. The maximum Gasteiger partial charge on any atom is 0.203 e. The Morgan fingerprint density at radius 3 is 2.80 bits per heavy atom. The summed E-state index contributed by atoms with van der Waals surface area (Å²) in [7, 11) is 0. The Balaban J connectivity index is 1.59. The van der Waals surface area contributed by atoms with Crippen LogP contribution in [0.25, 0.3) is 6.08 Å². The van der Waals surface area contributed by atoms with Crippen LogP contribution in [0.4, 0.5) is 4.39 Å². The van der Waals surface area contributed by atoms with Crippen LogP contribution in [-0.4, -0.2) is 15.6 Å². The van der Waals surface area contributed by atoms with Gasteiger partial charge in [-0.25, -0.2) is 4.39 Å². The number of carbonyl (C=O) groups excluding carboxylic acids is 1. The normalized spacial score (nSPS) is 11.1. The molecule has 0 amide bonds. The molecule has 25 heavy (non-hydrogen) atoms. The fourth-order valence-electron chi connectivity index (χ4n) is 2.28. The van der Waals surface area contributed by atoms with Gasteiger partial charge in [-0.15, -0.1) is 0 Å². The number of hydrogen-bond donors (Lipinski definition) is 0. The van der Waals surface area contributed by atoms with Gasteiger partial charge in [-0.05, 0) is 61.5 Å². The Bertz CT molecular complexity index is 878. The summed E-state index contributed by atoms with van der Waals surface area (Å²) in [5, 5.41) is 4.07. The van der Waals surface area contributed by atoms with E-state index in [-0.39, 0.29) is 18.2 Å². The molecular formula is C19H17FN2O3. The van der Waals surface area contributed by atoms with Crippen LogP contribution in [0.2, 0.25) is 0 Å². The van der Waals surface area contributed by atoms with Crippen molar-refractivity contribution in [1.82, 2.24) is 9.78 Å². The van der Waals surface area contributed by atoms with Gasteiger partial charge in [-0.1, -0.05) is 0 Å². The van der Waals surface area contributed by atoms with Crippen LogP contribution >= 0.6 is 0 Å². The molecule has 0 aliphatic carbocycles. The Labute approximate surface area is 144 Å². The number of carbonyl (C=O) groups is 1. The molecule has 3 aromatic rings. The molecule has 2 aromatic heterocycles. The van der Waals surface area contributed by atoms with Crippen LogP contribution in [0.1, 0.15) is 28.9 Å². The Hall–Kier alpha value is -3.15. The smallest absolute Gasteiger partial charge is 0.203 e. The van der Waals surface area contributed by atoms with Crippen molar-refractivity contribution in [3.8, 4) is 5.75 Å². The zero-order valence-corrected chi connectivity index (χ0v) is 13.7. The van der Waals surface area contributed by atoms with Crippen molar-refractivity contribution in [2.24, 2.45) is 0 Å². The first-order valence-corrected chi connectivity index (χ1v) is 7.87. The van der Waals surface area contributed by atoms with E-state index < -0.39 is 0 Å². The third-order valence-electron chi connectivity index (χ3n) is 3.54. The quantitative estimate of drug-likeness (QED) is 0.480. The molecule has 5 nitrogen and oxygen atoms in total. The molecule has 0 aliphatic rings. The van der Waals surface area contributed by atoms with Gasteiger partial charge >= 0.3 is 0 Å². The predicted octanol–water partition coefficient (Wildman–Crippen LogP) is 4.11. The van der Waals surface area contributed by atoms with E-state index in [4.69, 9.17) is 9.15 Å². The van der Waals surface area contributed by atoms with Crippen molar-refractivity contribution in [3.63, 3.8) is 0 Å². The van der Waals surface area contributed by atoms with Crippen LogP contribution in [0.15, 0.2) is 59.2 Å². The van der Waals surface area contributed by atoms with Gasteiger partial charge in [0.15, 0.2) is 0 Å². The third-order valence-corrected chi connectivity index (χ3v) is 3.54. The monoisotopic (exact) mass is 340 g/mol. The highest BCUT2D eigenvalue weighted by Crippen LogP contribution is 2.16. The largest absolute Gasteiger partial charge is 0.486 e. The van der Waals surface area contributed by atoms with E-state index in [1.807, 2.05) is 6.92 Å². The maximum atomic E-state index is 12.8. The van der Waals surface area contributed by atoms with E-state index in [0.717, 1.165) is 0 Å². The molecule has 0 atom stereocenters. The van der Waals surface area contributed by atoms with Gasteiger partial charge in [0.1, 0.15) is 35.4 Å². The first-order chi connectivity index (χ1) is 12.2. The van der Waals surface area contributed by atoms with Gasteiger partial charge in [0, 0.05) is 12.7 Å². The highest BCUT2D eigenvalue weighted by molar-refractivity contribution is 6.05. The topological polar surface area (TPSA) is 57.3 Å². The Kier molecular flexibility index (Phi) is 5.09. The average molecular weight is 340 g/mol. The molecule has 1 aromatic carbocycles. The lowest BCUT2D eigenvalue weighted by molar-refractivity contribution is 0.103. The molecule has 3 rings (SSSR count). The number of ether oxygens (including phenoxy) is 1. The summed E-state index contributed by atoms with van der Waals surface area (Å²) in [4.78, 5) is 12.2. The molecule has 0 bridgehead atoms. The number of furan rings is 1. The Morgan fingerprint density at radius 2 is 2.04 bits per heavy atom. The number of ketones is 1. The fourth-order valence-corrected chi connectivity index (χ4v) is 2.28. The second-order valence-corrected chi connectivity index (χ2v) is 5.28. The van der Waals surface area contributed by atoms with Crippen molar-refractivity contribution in [2.75, 3.05) is 0 Å². The number of benzene rings is 1. The van der Waals surface area contributed by atoms with Crippen LogP contribution < -0.4 is 4.74 Å². The lowest BCUT2D eigenvalue weighted by atomic mass is 10.2. The Morgan fingerprint density at radius 1 is 1.24 bits per heavy atom. The maximum absolute atomic E-state index is 12.8. The minimum absolute atomic E-state index is 0.139. The highest BCUT2D eigenvalue weighted by Gasteiger charge is 2.08. The standard InChI is InChI=1S/C19H17FN2O3/c1-2-22-18(11-12-21-22)19(23)10-9-16-7-8-17(25-16)13-24-15-5-3-14(20)4-6-15/h3-12H,2,13H2,1H3/b10-9+. The van der Waals surface area contributed by atoms with Gasteiger partial charge in [-0.3, -0.25) is 9.48 Å². The van der Waals surface area contributed by atoms with Crippen molar-refractivity contribution in [3.05, 3.63) is 77.8 Å². The van der Waals surface area contributed by atoms with E-state index in [9.17, 15) is 9.18 Å². The molecule has 0 saturated heterocycles. The summed E-state index contributed by atoms with van der Waals surface area (Å²) in [5.74, 6) is 1.26. The van der Waals surface area contributed by atoms with E-state index in [1.165, 1.54) is 18.2 Å². The van der Waals surface area contributed by atoms with Crippen molar-refractivity contribution in [2.45, 2.75) is 20.1 Å². The molecule has 0 radical (unpaired) electrons.